The number of H-pyrrole nitrogens is 1. The van der Waals surface area contributed by atoms with Crippen molar-refractivity contribution in [2.75, 3.05) is 12.9 Å². The lowest BCUT2D eigenvalue weighted by molar-refractivity contribution is 0.414. The molecule has 5 rings (SSSR count). The molecule has 3 aromatic carbocycles. The molecule has 2 heterocycles. The smallest absolute Gasteiger partial charge is 0.174 e. The summed E-state index contributed by atoms with van der Waals surface area (Å²) < 4.78 is 7.30. The molecule has 162 valence electrons. The van der Waals surface area contributed by atoms with E-state index in [9.17, 15) is 10.4 Å². The average molecular weight is 454 g/mol. The summed E-state index contributed by atoms with van der Waals surface area (Å²) in [5, 5.41) is 21.2. The summed E-state index contributed by atoms with van der Waals surface area (Å²) in [6, 6.07) is 25.1. The molecule has 0 aliphatic carbocycles. The average Bonchev–Trinajstić information content (AvgIpc) is 3.44. The van der Waals surface area contributed by atoms with E-state index in [2.05, 4.69) is 16.0 Å². The summed E-state index contributed by atoms with van der Waals surface area (Å²) in [5.41, 5.74) is 4.38. The minimum Gasteiger partial charge on any atom is -0.510 e. The van der Waals surface area contributed by atoms with E-state index in [0.717, 1.165) is 33.5 Å². The lowest BCUT2D eigenvalue weighted by Crippen LogP contribution is -1.99. The van der Waals surface area contributed by atoms with E-state index in [1.807, 2.05) is 77.4 Å². The zero-order chi connectivity index (χ0) is 22.8. The van der Waals surface area contributed by atoms with Crippen molar-refractivity contribution in [2.45, 2.75) is 5.16 Å². The third kappa shape index (κ3) is 3.90. The van der Waals surface area contributed by atoms with Gasteiger partial charge in [-0.3, -0.25) is 4.57 Å². The van der Waals surface area contributed by atoms with Gasteiger partial charge in [0.05, 0.1) is 34.9 Å². The number of para-hydroxylation sites is 4. The molecular formula is C25H19N5O2S. The number of rotatable bonds is 6. The van der Waals surface area contributed by atoms with Gasteiger partial charge in [-0.05, 0) is 48.5 Å². The first kappa shape index (κ1) is 20.7. The Kier molecular flexibility index (Phi) is 5.47. The van der Waals surface area contributed by atoms with Gasteiger partial charge in [0.15, 0.2) is 11.0 Å². The second-order valence-electron chi connectivity index (χ2n) is 7.24. The number of allylic oxidation sites excluding steroid dienone is 1. The topological polar surface area (TPSA) is 99.7 Å². The van der Waals surface area contributed by atoms with Gasteiger partial charge in [-0.15, -0.1) is 0 Å². The van der Waals surface area contributed by atoms with Gasteiger partial charge in [0.1, 0.15) is 23.2 Å². The number of nitriles is 1. The molecule has 0 spiro atoms. The van der Waals surface area contributed by atoms with Crippen LogP contribution in [0.1, 0.15) is 5.82 Å². The van der Waals surface area contributed by atoms with E-state index in [1.54, 1.807) is 7.11 Å². The molecular weight excluding hydrogens is 434 g/mol. The fourth-order valence-corrected chi connectivity index (χ4v) is 4.52. The number of hydrogen-bond donors (Lipinski definition) is 2. The second-order valence-corrected chi connectivity index (χ2v) is 8.18. The number of nitrogens with one attached hydrogen (secondary N) is 1. The van der Waals surface area contributed by atoms with Crippen molar-refractivity contribution in [2.24, 2.45) is 0 Å². The van der Waals surface area contributed by atoms with Crippen molar-refractivity contribution in [1.82, 2.24) is 19.5 Å². The Hall–Kier alpha value is -4.22. The van der Waals surface area contributed by atoms with E-state index in [1.165, 1.54) is 11.8 Å². The number of aliphatic hydroxyl groups excluding tert-OH is 1. The van der Waals surface area contributed by atoms with Crippen molar-refractivity contribution in [3.8, 4) is 17.5 Å². The predicted octanol–water partition coefficient (Wildman–Crippen LogP) is 5.50. The quantitative estimate of drug-likeness (QED) is 0.200. The predicted molar refractivity (Wildman–Crippen MR) is 130 cm³/mol. The minimum atomic E-state index is -0.0603. The highest BCUT2D eigenvalue weighted by Gasteiger charge is 2.17. The zero-order valence-corrected chi connectivity index (χ0v) is 18.5. The standard InChI is InChI=1S/C25H19N5O2S/c1-32-17-12-10-16(11-13-17)30-22-9-5-4-8-21(22)29-25(30)33-15-23(31)18(14-26)24-27-19-6-2-3-7-20(19)28-24/h2-13,31H,15H2,1H3,(H,27,28)/b23-18-. The maximum atomic E-state index is 10.8. The second kappa shape index (κ2) is 8.73. The number of fused-ring (bicyclic) bond motifs is 2. The van der Waals surface area contributed by atoms with Crippen molar-refractivity contribution in [3.05, 3.63) is 84.4 Å². The van der Waals surface area contributed by atoms with E-state index < -0.39 is 0 Å². The fraction of sp³-hybridized carbons (Fsp3) is 0.0800. The molecule has 33 heavy (non-hydrogen) atoms. The van der Waals surface area contributed by atoms with Crippen LogP contribution >= 0.6 is 11.8 Å². The lowest BCUT2D eigenvalue weighted by Gasteiger charge is -2.10. The fourth-order valence-electron chi connectivity index (χ4n) is 3.61. The van der Waals surface area contributed by atoms with Gasteiger partial charge in [0, 0.05) is 5.69 Å². The first-order valence-electron chi connectivity index (χ1n) is 10.2. The molecule has 7 nitrogen and oxygen atoms in total. The molecule has 2 N–H and O–H groups in total. The third-order valence-electron chi connectivity index (χ3n) is 5.23. The number of methoxy groups -OCH3 is 1. The van der Waals surface area contributed by atoms with Crippen molar-refractivity contribution in [3.63, 3.8) is 0 Å². The summed E-state index contributed by atoms with van der Waals surface area (Å²) >= 11 is 1.35. The van der Waals surface area contributed by atoms with Gasteiger partial charge < -0.3 is 14.8 Å². The molecule has 0 saturated carbocycles. The van der Waals surface area contributed by atoms with Gasteiger partial charge in [-0.2, -0.15) is 5.26 Å². The van der Waals surface area contributed by atoms with Crippen LogP contribution in [-0.4, -0.2) is 37.5 Å². The van der Waals surface area contributed by atoms with Gasteiger partial charge in [0.25, 0.3) is 0 Å². The summed E-state index contributed by atoms with van der Waals surface area (Å²) in [6.07, 6.45) is 0. The number of thioether (sulfide) groups is 1. The highest BCUT2D eigenvalue weighted by Crippen LogP contribution is 2.30. The number of imidazole rings is 2. The Morgan fingerprint density at radius 2 is 1.76 bits per heavy atom. The van der Waals surface area contributed by atoms with Gasteiger partial charge in [-0.25, -0.2) is 9.97 Å². The number of hydrogen-bond acceptors (Lipinski definition) is 6. The van der Waals surface area contributed by atoms with Crippen molar-refractivity contribution < 1.29 is 9.84 Å². The van der Waals surface area contributed by atoms with Gasteiger partial charge >= 0.3 is 0 Å². The van der Waals surface area contributed by atoms with Gasteiger partial charge in [0.2, 0.25) is 0 Å². The molecule has 0 bridgehead atoms. The number of ether oxygens (including phenoxy) is 1. The third-order valence-corrected chi connectivity index (χ3v) is 6.18. The summed E-state index contributed by atoms with van der Waals surface area (Å²) in [7, 11) is 1.63. The Labute approximate surface area is 194 Å². The zero-order valence-electron chi connectivity index (χ0n) is 17.7. The summed E-state index contributed by atoms with van der Waals surface area (Å²) in [4.78, 5) is 12.3. The number of aromatic amines is 1. The SMILES string of the molecule is COc1ccc(-n2c(SC/C(O)=C(\C#N)c3nc4ccccc4[nH]3)nc3ccccc32)cc1. The first-order valence-corrected chi connectivity index (χ1v) is 11.2. The van der Waals surface area contributed by atoms with Crippen LogP contribution < -0.4 is 4.74 Å². The van der Waals surface area contributed by atoms with Crippen LogP contribution in [-0.2, 0) is 0 Å². The molecule has 0 aliphatic rings. The maximum absolute atomic E-state index is 10.8. The normalized spacial score (nSPS) is 12.0. The monoisotopic (exact) mass is 453 g/mol. The highest BCUT2D eigenvalue weighted by atomic mass is 32.2. The molecule has 0 unspecified atom stereocenters. The van der Waals surface area contributed by atoms with E-state index in [-0.39, 0.29) is 17.1 Å². The molecule has 2 aromatic heterocycles. The Morgan fingerprint density at radius 1 is 1.03 bits per heavy atom. The molecule has 5 aromatic rings. The largest absolute Gasteiger partial charge is 0.510 e. The Bertz CT molecular complexity index is 1490. The molecule has 0 fully saturated rings. The molecule has 0 atom stereocenters. The summed E-state index contributed by atoms with van der Waals surface area (Å²) in [6.45, 7) is 0. The maximum Gasteiger partial charge on any atom is 0.174 e. The van der Waals surface area contributed by atoms with Crippen LogP contribution in [0.15, 0.2) is 83.7 Å². The molecule has 8 heteroatoms. The molecule has 0 amide bonds. The van der Waals surface area contributed by atoms with Crippen LogP contribution in [0.25, 0.3) is 33.3 Å². The Morgan fingerprint density at radius 3 is 2.48 bits per heavy atom. The Balaban J connectivity index is 1.50. The molecule has 0 radical (unpaired) electrons. The van der Waals surface area contributed by atoms with E-state index in [4.69, 9.17) is 9.72 Å². The number of aromatic nitrogens is 4. The lowest BCUT2D eigenvalue weighted by atomic mass is 10.2. The van der Waals surface area contributed by atoms with Crippen LogP contribution in [0, 0.1) is 11.3 Å². The van der Waals surface area contributed by atoms with Crippen LogP contribution in [0.5, 0.6) is 5.75 Å². The van der Waals surface area contributed by atoms with Gasteiger partial charge in [-0.1, -0.05) is 36.0 Å². The van der Waals surface area contributed by atoms with Crippen molar-refractivity contribution in [1.29, 1.82) is 5.26 Å². The minimum absolute atomic E-state index is 0.0603. The number of benzene rings is 3. The van der Waals surface area contributed by atoms with Crippen molar-refractivity contribution >= 4 is 39.4 Å². The molecule has 0 saturated heterocycles. The number of aliphatic hydroxyl groups is 1. The number of nitrogens with zero attached hydrogens (tertiary/aromatic N) is 4. The van der Waals surface area contributed by atoms with E-state index in [0.29, 0.717) is 11.0 Å². The van der Waals surface area contributed by atoms with Crippen LogP contribution in [0.2, 0.25) is 0 Å². The summed E-state index contributed by atoms with van der Waals surface area (Å²) in [5.74, 6) is 1.22. The van der Waals surface area contributed by atoms with Crippen LogP contribution in [0.3, 0.4) is 0 Å². The molecule has 0 aliphatic heterocycles. The van der Waals surface area contributed by atoms with E-state index >= 15 is 0 Å². The van der Waals surface area contributed by atoms with Crippen LogP contribution in [0.4, 0.5) is 0 Å². The first-order chi connectivity index (χ1) is 16.2. The highest BCUT2D eigenvalue weighted by molar-refractivity contribution is 7.99.